The number of ether oxygens (including phenoxy) is 4. The summed E-state index contributed by atoms with van der Waals surface area (Å²) < 4.78 is 37.7. The highest BCUT2D eigenvalue weighted by molar-refractivity contribution is 6.13. The molecule has 1 aromatic carbocycles. The highest BCUT2D eigenvalue weighted by Crippen LogP contribution is 2.40. The quantitative estimate of drug-likeness (QED) is 0.0310. The molecule has 5 N–H and O–H groups in total. The van der Waals surface area contributed by atoms with Crippen molar-refractivity contribution in [1.29, 1.82) is 0 Å². The lowest BCUT2D eigenvalue weighted by Gasteiger charge is -2.31. The zero-order valence-electron chi connectivity index (χ0n) is 41.3. The minimum absolute atomic E-state index is 0.0174. The number of halogens is 1. The maximum atomic E-state index is 14.9. The van der Waals surface area contributed by atoms with Crippen LogP contribution in [0, 0.1) is 18.7 Å². The van der Waals surface area contributed by atoms with Gasteiger partial charge >= 0.3 is 5.97 Å². The van der Waals surface area contributed by atoms with Gasteiger partial charge in [-0.05, 0) is 50.5 Å². The van der Waals surface area contributed by atoms with Gasteiger partial charge in [-0.15, -0.1) is 0 Å². The molecule has 0 saturated carbocycles. The fourth-order valence-corrected chi connectivity index (χ4v) is 8.39. The van der Waals surface area contributed by atoms with Crippen molar-refractivity contribution < 1.29 is 71.6 Å². The first-order valence-electron chi connectivity index (χ1n) is 24.0. The standard InChI is InChI=1S/C50H60FN7O15/c1-6-50(69)35-21-38-46-33(24-58(38)48(67)34(35)25-73-49(50)68)32(31-19-27(2)36(51)22-37(31)56-46)23-53-43(63)26-72-14-10-39(59)29(4)55-47(66)28(3)20-40(60)30(5)54-42(62)11-15-70-17-18-71-16-12-52-41(61)9-13-57-44(64)7-8-45(57)65/h7-8,19,21-22,28-30,69H,6,9-18,20,23-26H2,1-5H3,(H,52,61)(H,53,63)(H,54,62)(H,55,66)/t28-,29+,30+,50+/m1/s1. The average molecular weight is 1020 g/mol. The zero-order chi connectivity index (χ0) is 53.1. The van der Waals surface area contributed by atoms with E-state index in [2.05, 4.69) is 21.3 Å². The molecule has 0 radical (unpaired) electrons. The van der Waals surface area contributed by atoms with Gasteiger partial charge in [-0.1, -0.05) is 13.8 Å². The number of carbonyl (C=O) groups is 9. The lowest BCUT2D eigenvalue weighted by Crippen LogP contribution is -2.44. The molecule has 6 amide bonds. The Morgan fingerprint density at radius 1 is 0.822 bits per heavy atom. The third kappa shape index (κ3) is 13.3. The Bertz CT molecular complexity index is 2780. The fraction of sp³-hybridized carbons (Fsp3) is 0.500. The molecule has 23 heteroatoms. The number of pyridine rings is 2. The summed E-state index contributed by atoms with van der Waals surface area (Å²) in [5.41, 5.74) is 0.125. The Hall–Kier alpha value is -7.08. The second kappa shape index (κ2) is 24.6. The smallest absolute Gasteiger partial charge is 0.343 e. The Balaban J connectivity index is 0.865. The zero-order valence-corrected chi connectivity index (χ0v) is 41.3. The van der Waals surface area contributed by atoms with Crippen molar-refractivity contribution in [2.75, 3.05) is 52.7 Å². The number of Topliss-reactive ketones (excluding diaryl/α,β-unsaturated/α-hetero) is 2. The van der Waals surface area contributed by atoms with Crippen LogP contribution in [0.3, 0.4) is 0 Å². The second-order valence-corrected chi connectivity index (χ2v) is 18.0. The first-order chi connectivity index (χ1) is 34.7. The monoisotopic (exact) mass is 1020 g/mol. The van der Waals surface area contributed by atoms with Crippen molar-refractivity contribution in [3.63, 3.8) is 0 Å². The number of carbonyl (C=O) groups excluding carboxylic acids is 9. The van der Waals surface area contributed by atoms with Crippen LogP contribution in [0.5, 0.6) is 0 Å². The van der Waals surface area contributed by atoms with Gasteiger partial charge in [0, 0.05) is 86.0 Å². The van der Waals surface area contributed by atoms with Gasteiger partial charge in [-0.3, -0.25) is 48.1 Å². The normalized spacial score (nSPS) is 16.8. The number of nitrogens with one attached hydrogen (secondary N) is 4. The van der Waals surface area contributed by atoms with Crippen LogP contribution in [-0.2, 0) is 87.4 Å². The number of rotatable bonds is 27. The van der Waals surface area contributed by atoms with Gasteiger partial charge in [-0.25, -0.2) is 14.2 Å². The highest BCUT2D eigenvalue weighted by Gasteiger charge is 2.45. The third-order valence-electron chi connectivity index (χ3n) is 12.8. The molecule has 6 rings (SSSR count). The van der Waals surface area contributed by atoms with Gasteiger partial charge in [0.25, 0.3) is 17.4 Å². The summed E-state index contributed by atoms with van der Waals surface area (Å²) in [6.45, 7) is 7.54. The van der Waals surface area contributed by atoms with Gasteiger partial charge < -0.3 is 49.9 Å². The maximum Gasteiger partial charge on any atom is 0.343 e. The van der Waals surface area contributed by atoms with E-state index in [0.29, 0.717) is 33.5 Å². The SMILES string of the molecule is CC[C@@]1(O)C(=O)OCc2c1cc1n(c2=O)Cc2c-1nc1cc(F)c(C)cc1c2CNC(=O)COCCC(=O)[C@H](C)NC(=O)[C@H](C)CC(=O)[C@H](C)NC(=O)CCOCCOCCNC(=O)CCN1C(=O)C=CC1=O. The summed E-state index contributed by atoms with van der Waals surface area (Å²) in [4.78, 5) is 131. The summed E-state index contributed by atoms with van der Waals surface area (Å²) in [6.07, 6.45) is 1.82. The van der Waals surface area contributed by atoms with Gasteiger partial charge in [0.15, 0.2) is 17.2 Å². The number of hydrogen-bond acceptors (Lipinski definition) is 16. The number of fused-ring (bicyclic) bond motifs is 5. The molecule has 22 nitrogen and oxygen atoms in total. The number of cyclic esters (lactones) is 1. The highest BCUT2D eigenvalue weighted by atomic mass is 19.1. The fourth-order valence-electron chi connectivity index (χ4n) is 8.39. The van der Waals surface area contributed by atoms with E-state index in [1.807, 2.05) is 0 Å². The summed E-state index contributed by atoms with van der Waals surface area (Å²) in [7, 11) is 0. The van der Waals surface area contributed by atoms with Crippen LogP contribution < -0.4 is 26.8 Å². The van der Waals surface area contributed by atoms with Gasteiger partial charge in [0.2, 0.25) is 23.6 Å². The third-order valence-corrected chi connectivity index (χ3v) is 12.8. The number of esters is 1. The van der Waals surface area contributed by atoms with E-state index < -0.39 is 82.9 Å². The average Bonchev–Trinajstić information content (AvgIpc) is 3.89. The number of imide groups is 1. The Labute approximate surface area is 418 Å². The van der Waals surface area contributed by atoms with Crippen LogP contribution in [-0.4, -0.2) is 137 Å². The van der Waals surface area contributed by atoms with E-state index >= 15 is 0 Å². The molecule has 0 saturated heterocycles. The molecule has 0 aliphatic carbocycles. The minimum atomic E-state index is -2.04. The molecule has 3 aromatic rings. The number of benzene rings is 1. The number of aliphatic hydroxyl groups is 1. The van der Waals surface area contributed by atoms with Crippen LogP contribution in [0.15, 0.2) is 35.1 Å². The number of amides is 6. The molecule has 0 fully saturated rings. The number of aromatic nitrogens is 2. The molecule has 4 atom stereocenters. The lowest BCUT2D eigenvalue weighted by molar-refractivity contribution is -0.172. The molecule has 392 valence electrons. The molecule has 0 bridgehead atoms. The van der Waals surface area contributed by atoms with Crippen LogP contribution >= 0.6 is 0 Å². The van der Waals surface area contributed by atoms with Crippen LogP contribution in [0.4, 0.5) is 4.39 Å². The Kier molecular flexibility index (Phi) is 18.6. The lowest BCUT2D eigenvalue weighted by atomic mass is 9.86. The van der Waals surface area contributed by atoms with E-state index in [9.17, 15) is 57.4 Å². The molecular weight excluding hydrogens is 958 g/mol. The first kappa shape index (κ1) is 55.2. The number of hydrogen-bond donors (Lipinski definition) is 5. The molecule has 73 heavy (non-hydrogen) atoms. The Morgan fingerprint density at radius 2 is 1.51 bits per heavy atom. The van der Waals surface area contributed by atoms with Crippen molar-refractivity contribution in [2.24, 2.45) is 5.92 Å². The van der Waals surface area contributed by atoms with E-state index in [4.69, 9.17) is 23.9 Å². The topological polar surface area (TPSA) is 297 Å². The predicted octanol–water partition coefficient (Wildman–Crippen LogP) is 0.578. The molecule has 3 aliphatic rings. The van der Waals surface area contributed by atoms with Gasteiger partial charge in [0.1, 0.15) is 19.0 Å². The molecule has 5 heterocycles. The Morgan fingerprint density at radius 3 is 2.22 bits per heavy atom. The largest absolute Gasteiger partial charge is 0.458 e. The van der Waals surface area contributed by atoms with E-state index in [1.165, 1.54) is 31.4 Å². The molecular formula is C50H60FN7O15. The van der Waals surface area contributed by atoms with Crippen LogP contribution in [0.1, 0.15) is 87.6 Å². The second-order valence-electron chi connectivity index (χ2n) is 18.0. The van der Waals surface area contributed by atoms with Gasteiger partial charge in [0.05, 0.1) is 74.1 Å². The summed E-state index contributed by atoms with van der Waals surface area (Å²) in [5, 5.41) is 22.4. The molecule has 0 spiro atoms. The van der Waals surface area contributed by atoms with Crippen molar-refractivity contribution >= 4 is 63.9 Å². The van der Waals surface area contributed by atoms with Crippen molar-refractivity contribution in [3.05, 3.63) is 74.3 Å². The molecule has 3 aliphatic heterocycles. The predicted molar refractivity (Wildman–Crippen MR) is 255 cm³/mol. The maximum absolute atomic E-state index is 14.9. The summed E-state index contributed by atoms with van der Waals surface area (Å²) in [5.74, 6) is -5.79. The summed E-state index contributed by atoms with van der Waals surface area (Å²) in [6, 6.07) is 2.57. The summed E-state index contributed by atoms with van der Waals surface area (Å²) >= 11 is 0. The first-order valence-corrected chi connectivity index (χ1v) is 24.0. The van der Waals surface area contributed by atoms with Gasteiger partial charge in [-0.2, -0.15) is 0 Å². The van der Waals surface area contributed by atoms with Crippen LogP contribution in [0.2, 0.25) is 0 Å². The minimum Gasteiger partial charge on any atom is -0.458 e. The number of nitrogens with zero attached hydrogens (tertiary/aromatic N) is 3. The molecule has 0 unspecified atom stereocenters. The van der Waals surface area contributed by atoms with E-state index in [1.54, 1.807) is 26.0 Å². The number of aryl methyl sites for hydroxylation is 1. The van der Waals surface area contributed by atoms with E-state index in [-0.39, 0.29) is 126 Å². The van der Waals surface area contributed by atoms with E-state index in [0.717, 1.165) is 17.1 Å². The van der Waals surface area contributed by atoms with Crippen molar-refractivity contribution in [3.8, 4) is 11.4 Å². The van der Waals surface area contributed by atoms with Crippen molar-refractivity contribution in [2.45, 2.75) is 104 Å². The van der Waals surface area contributed by atoms with Crippen LogP contribution in [0.25, 0.3) is 22.3 Å². The van der Waals surface area contributed by atoms with Crippen molar-refractivity contribution in [1.82, 2.24) is 35.7 Å². The molecule has 2 aromatic heterocycles. The number of ketones is 2.